The number of carbonyl (C=O) groups excluding carboxylic acids is 1. The molecule has 8 nitrogen and oxygen atoms in total. The SMILES string of the molecule is CCOC(=O)C1=C(C)OC(N)=C(C#N)C1c1cc([N+](=O)[O-])ccc1Br. The summed E-state index contributed by atoms with van der Waals surface area (Å²) in [7, 11) is 0. The van der Waals surface area contributed by atoms with Crippen molar-refractivity contribution in [3.8, 4) is 6.07 Å². The first-order valence-corrected chi connectivity index (χ1v) is 8.00. The molecule has 0 saturated heterocycles. The number of esters is 1. The number of non-ortho nitro benzene ring substituents is 1. The fraction of sp³-hybridized carbons (Fsp3) is 0.250. The van der Waals surface area contributed by atoms with E-state index < -0.39 is 16.8 Å². The number of nitro benzene ring substituents is 1. The molecule has 1 atom stereocenters. The zero-order valence-corrected chi connectivity index (χ0v) is 15.0. The molecule has 0 bridgehead atoms. The van der Waals surface area contributed by atoms with Crippen molar-refractivity contribution in [1.82, 2.24) is 0 Å². The fourth-order valence-electron chi connectivity index (χ4n) is 2.53. The van der Waals surface area contributed by atoms with Crippen LogP contribution in [0.4, 0.5) is 5.69 Å². The molecule has 1 heterocycles. The number of nitrogens with zero attached hydrogens (tertiary/aromatic N) is 2. The number of nitriles is 1. The van der Waals surface area contributed by atoms with Crippen LogP contribution in [0.25, 0.3) is 0 Å². The Labute approximate surface area is 151 Å². The van der Waals surface area contributed by atoms with Crippen LogP contribution in [-0.2, 0) is 14.3 Å². The predicted molar refractivity (Wildman–Crippen MR) is 90.8 cm³/mol. The number of nitro groups is 1. The van der Waals surface area contributed by atoms with Crippen molar-refractivity contribution in [2.45, 2.75) is 19.8 Å². The molecule has 0 radical (unpaired) electrons. The van der Waals surface area contributed by atoms with E-state index in [1.807, 2.05) is 6.07 Å². The van der Waals surface area contributed by atoms with Gasteiger partial charge in [0.1, 0.15) is 17.4 Å². The molecular weight excluding hydrogens is 394 g/mol. The van der Waals surface area contributed by atoms with Gasteiger partial charge in [-0.05, 0) is 25.5 Å². The Hall–Kier alpha value is -2.86. The summed E-state index contributed by atoms with van der Waals surface area (Å²) in [5, 5.41) is 20.6. The normalized spacial score (nSPS) is 17.0. The third-order valence-corrected chi connectivity index (χ3v) is 4.32. The van der Waals surface area contributed by atoms with Crippen molar-refractivity contribution in [1.29, 1.82) is 5.26 Å². The van der Waals surface area contributed by atoms with E-state index in [0.29, 0.717) is 10.0 Å². The van der Waals surface area contributed by atoms with Crippen molar-refractivity contribution >= 4 is 27.6 Å². The van der Waals surface area contributed by atoms with Crippen molar-refractivity contribution in [2.75, 3.05) is 6.61 Å². The van der Waals surface area contributed by atoms with Gasteiger partial charge < -0.3 is 15.2 Å². The number of benzene rings is 1. The second kappa shape index (κ2) is 7.36. The van der Waals surface area contributed by atoms with E-state index in [1.54, 1.807) is 6.92 Å². The highest BCUT2D eigenvalue weighted by molar-refractivity contribution is 9.10. The van der Waals surface area contributed by atoms with Gasteiger partial charge in [-0.3, -0.25) is 10.1 Å². The topological polar surface area (TPSA) is 128 Å². The maximum Gasteiger partial charge on any atom is 0.338 e. The minimum absolute atomic E-state index is 0.0187. The van der Waals surface area contributed by atoms with Crippen molar-refractivity contribution in [3.05, 3.63) is 61.1 Å². The van der Waals surface area contributed by atoms with Crippen molar-refractivity contribution in [3.63, 3.8) is 0 Å². The summed E-state index contributed by atoms with van der Waals surface area (Å²) in [6.07, 6.45) is 0. The Balaban J connectivity index is 2.73. The molecule has 25 heavy (non-hydrogen) atoms. The minimum atomic E-state index is -0.938. The zero-order valence-electron chi connectivity index (χ0n) is 13.4. The van der Waals surface area contributed by atoms with Crippen LogP contribution in [0.2, 0.25) is 0 Å². The maximum absolute atomic E-state index is 12.4. The van der Waals surface area contributed by atoms with E-state index in [9.17, 15) is 20.2 Å². The second-order valence-corrected chi connectivity index (χ2v) is 5.93. The third kappa shape index (κ3) is 3.49. The Morgan fingerprint density at radius 3 is 2.80 bits per heavy atom. The average molecular weight is 408 g/mol. The fourth-order valence-corrected chi connectivity index (χ4v) is 3.01. The van der Waals surface area contributed by atoms with Gasteiger partial charge in [0.15, 0.2) is 0 Å². The number of halogens is 1. The molecule has 1 aromatic carbocycles. The lowest BCUT2D eigenvalue weighted by Gasteiger charge is -2.27. The first-order chi connectivity index (χ1) is 11.8. The number of nitrogens with two attached hydrogens (primary N) is 1. The summed E-state index contributed by atoms with van der Waals surface area (Å²) >= 11 is 3.32. The van der Waals surface area contributed by atoms with Crippen LogP contribution < -0.4 is 5.73 Å². The molecule has 0 saturated carbocycles. The lowest BCUT2D eigenvalue weighted by molar-refractivity contribution is -0.384. The van der Waals surface area contributed by atoms with E-state index >= 15 is 0 Å². The van der Waals surface area contributed by atoms with Gasteiger partial charge in [-0.15, -0.1) is 0 Å². The summed E-state index contributed by atoms with van der Waals surface area (Å²) in [6.45, 7) is 3.29. The largest absolute Gasteiger partial charge is 0.463 e. The first kappa shape index (κ1) is 18.5. The van der Waals surface area contributed by atoms with Crippen LogP contribution >= 0.6 is 15.9 Å². The van der Waals surface area contributed by atoms with Crippen LogP contribution in [-0.4, -0.2) is 17.5 Å². The van der Waals surface area contributed by atoms with E-state index in [2.05, 4.69) is 15.9 Å². The van der Waals surface area contributed by atoms with Gasteiger partial charge in [0.2, 0.25) is 5.88 Å². The Bertz CT molecular complexity index is 854. The number of allylic oxidation sites excluding steroid dienone is 2. The molecule has 0 fully saturated rings. The summed E-state index contributed by atoms with van der Waals surface area (Å²) in [5.41, 5.74) is 6.02. The highest BCUT2D eigenvalue weighted by Gasteiger charge is 2.37. The third-order valence-electron chi connectivity index (χ3n) is 3.60. The average Bonchev–Trinajstić information content (AvgIpc) is 2.54. The van der Waals surface area contributed by atoms with Gasteiger partial charge in [-0.25, -0.2) is 4.79 Å². The van der Waals surface area contributed by atoms with E-state index in [4.69, 9.17) is 15.2 Å². The molecule has 2 N–H and O–H groups in total. The molecule has 9 heteroatoms. The summed E-state index contributed by atoms with van der Waals surface area (Å²) in [4.78, 5) is 23.0. The summed E-state index contributed by atoms with van der Waals surface area (Å²) in [5.74, 6) is -1.59. The highest BCUT2D eigenvalue weighted by Crippen LogP contribution is 2.43. The number of carbonyl (C=O) groups is 1. The van der Waals surface area contributed by atoms with Gasteiger partial charge in [-0.2, -0.15) is 5.26 Å². The Kier molecular flexibility index (Phi) is 5.44. The quantitative estimate of drug-likeness (QED) is 0.461. The van der Waals surface area contributed by atoms with E-state index in [0.717, 1.165) is 0 Å². The van der Waals surface area contributed by atoms with Gasteiger partial charge in [-0.1, -0.05) is 15.9 Å². The van der Waals surface area contributed by atoms with Crippen LogP contribution in [0.5, 0.6) is 0 Å². The summed E-state index contributed by atoms with van der Waals surface area (Å²) < 4.78 is 10.8. The predicted octanol–water partition coefficient (Wildman–Crippen LogP) is 3.00. The molecule has 130 valence electrons. The standard InChI is InChI=1S/C16H14BrN3O5/c1-3-24-16(21)13-8(2)25-15(19)11(7-18)14(13)10-6-9(20(22)23)4-5-12(10)17/h4-6,14H,3,19H2,1-2H3. The Morgan fingerprint density at radius 1 is 1.56 bits per heavy atom. The van der Waals surface area contributed by atoms with Gasteiger partial charge in [0, 0.05) is 16.6 Å². The minimum Gasteiger partial charge on any atom is -0.463 e. The molecule has 1 unspecified atom stereocenters. The van der Waals surface area contributed by atoms with Crippen molar-refractivity contribution < 1.29 is 19.2 Å². The molecule has 0 spiro atoms. The second-order valence-electron chi connectivity index (χ2n) is 5.08. The van der Waals surface area contributed by atoms with Gasteiger partial charge >= 0.3 is 5.97 Å². The number of hydrogen-bond donors (Lipinski definition) is 1. The molecule has 0 aromatic heterocycles. The monoisotopic (exact) mass is 407 g/mol. The van der Waals surface area contributed by atoms with Crippen LogP contribution in [0.15, 0.2) is 45.5 Å². The molecule has 1 aliphatic rings. The maximum atomic E-state index is 12.4. The number of hydrogen-bond acceptors (Lipinski definition) is 7. The van der Waals surface area contributed by atoms with Gasteiger partial charge in [0.25, 0.3) is 5.69 Å². The van der Waals surface area contributed by atoms with Crippen LogP contribution in [0.1, 0.15) is 25.3 Å². The molecule has 0 aliphatic carbocycles. The van der Waals surface area contributed by atoms with E-state index in [1.165, 1.54) is 25.1 Å². The smallest absolute Gasteiger partial charge is 0.338 e. The molecule has 2 rings (SSSR count). The van der Waals surface area contributed by atoms with Crippen LogP contribution in [0, 0.1) is 21.4 Å². The molecular formula is C16H14BrN3O5. The number of ether oxygens (including phenoxy) is 2. The molecule has 1 aromatic rings. The van der Waals surface area contributed by atoms with E-state index in [-0.39, 0.29) is 35.1 Å². The van der Waals surface area contributed by atoms with Crippen molar-refractivity contribution in [2.24, 2.45) is 5.73 Å². The molecule has 1 aliphatic heterocycles. The summed E-state index contributed by atoms with van der Waals surface area (Å²) in [6, 6.07) is 6.00. The highest BCUT2D eigenvalue weighted by atomic mass is 79.9. The lowest BCUT2D eigenvalue weighted by Crippen LogP contribution is -2.25. The lowest BCUT2D eigenvalue weighted by atomic mass is 9.83. The number of rotatable bonds is 4. The van der Waals surface area contributed by atoms with Gasteiger partial charge in [0.05, 0.1) is 23.0 Å². The first-order valence-electron chi connectivity index (χ1n) is 7.21. The zero-order chi connectivity index (χ0) is 18.7. The Morgan fingerprint density at radius 2 is 2.24 bits per heavy atom. The van der Waals surface area contributed by atoms with Crippen LogP contribution in [0.3, 0.4) is 0 Å². The molecule has 0 amide bonds.